The van der Waals surface area contributed by atoms with Crippen molar-refractivity contribution in [2.24, 2.45) is 5.73 Å². The van der Waals surface area contributed by atoms with Gasteiger partial charge in [-0.25, -0.2) is 4.39 Å². The van der Waals surface area contributed by atoms with Gasteiger partial charge in [0.25, 0.3) is 0 Å². The van der Waals surface area contributed by atoms with Gasteiger partial charge in [0.15, 0.2) is 0 Å². The van der Waals surface area contributed by atoms with Crippen LogP contribution in [0.4, 0.5) is 4.39 Å². The summed E-state index contributed by atoms with van der Waals surface area (Å²) in [6, 6.07) is 3.09. The van der Waals surface area contributed by atoms with Crippen LogP contribution >= 0.6 is 24.0 Å². The molecule has 0 unspecified atom stereocenters. The maximum absolute atomic E-state index is 12.9. The second-order valence-electron chi connectivity index (χ2n) is 2.90. The summed E-state index contributed by atoms with van der Waals surface area (Å²) in [7, 11) is 0. The van der Waals surface area contributed by atoms with Crippen molar-refractivity contribution in [2.45, 2.75) is 12.5 Å². The Balaban J connectivity index is 0.00000196. The number of benzene rings is 1. The van der Waals surface area contributed by atoms with Gasteiger partial charge < -0.3 is 10.8 Å². The fraction of sp³-hybridized carbons (Fsp3) is 0.222. The Hall–Kier alpha value is -0.840. The van der Waals surface area contributed by atoms with E-state index in [4.69, 9.17) is 22.4 Å². The second-order valence-corrected chi connectivity index (χ2v) is 3.30. The zero-order valence-corrected chi connectivity index (χ0v) is 9.19. The molecule has 3 N–H and O–H groups in total. The first-order valence-corrected chi connectivity index (χ1v) is 4.31. The van der Waals surface area contributed by atoms with Gasteiger partial charge in [0, 0.05) is 0 Å². The summed E-state index contributed by atoms with van der Waals surface area (Å²) in [5.74, 6) is -1.68. The van der Waals surface area contributed by atoms with Crippen LogP contribution in [0.5, 0.6) is 0 Å². The lowest BCUT2D eigenvalue weighted by molar-refractivity contribution is -0.138. The van der Waals surface area contributed by atoms with E-state index in [1.165, 1.54) is 12.1 Å². The molecule has 6 heteroatoms. The highest BCUT2D eigenvalue weighted by atomic mass is 35.5. The maximum atomic E-state index is 12.9. The van der Waals surface area contributed by atoms with Gasteiger partial charge in [0.1, 0.15) is 11.9 Å². The molecule has 0 radical (unpaired) electrons. The van der Waals surface area contributed by atoms with E-state index < -0.39 is 17.8 Å². The predicted molar refractivity (Wildman–Crippen MR) is 58.0 cm³/mol. The molecular weight excluding hydrogens is 244 g/mol. The van der Waals surface area contributed by atoms with Gasteiger partial charge in [-0.2, -0.15) is 0 Å². The summed E-state index contributed by atoms with van der Waals surface area (Å²) in [6.45, 7) is 0. The minimum Gasteiger partial charge on any atom is -0.480 e. The SMILES string of the molecule is Cl.N[C@H](Cc1ccc(Cl)c(F)c1)C(=O)O. The summed E-state index contributed by atoms with van der Waals surface area (Å²) in [5.41, 5.74) is 5.80. The molecule has 1 aromatic carbocycles. The van der Waals surface area contributed by atoms with Crippen LogP contribution in [-0.4, -0.2) is 17.1 Å². The molecule has 0 aliphatic heterocycles. The monoisotopic (exact) mass is 253 g/mol. The molecule has 3 nitrogen and oxygen atoms in total. The van der Waals surface area contributed by atoms with Crippen molar-refractivity contribution in [3.63, 3.8) is 0 Å². The van der Waals surface area contributed by atoms with Gasteiger partial charge in [0.05, 0.1) is 5.02 Å². The molecule has 0 saturated heterocycles. The molecule has 1 atom stereocenters. The number of nitrogens with two attached hydrogens (primary N) is 1. The number of carbonyl (C=O) groups is 1. The molecule has 0 aliphatic rings. The molecule has 0 aromatic heterocycles. The highest BCUT2D eigenvalue weighted by Crippen LogP contribution is 2.16. The quantitative estimate of drug-likeness (QED) is 0.865. The van der Waals surface area contributed by atoms with Crippen molar-refractivity contribution in [3.05, 3.63) is 34.6 Å². The number of rotatable bonds is 3. The van der Waals surface area contributed by atoms with Crippen molar-refractivity contribution in [3.8, 4) is 0 Å². The fourth-order valence-electron chi connectivity index (χ4n) is 1.01. The van der Waals surface area contributed by atoms with E-state index in [9.17, 15) is 9.18 Å². The maximum Gasteiger partial charge on any atom is 0.320 e. The van der Waals surface area contributed by atoms with Crippen molar-refractivity contribution in [1.29, 1.82) is 0 Å². The fourth-order valence-corrected chi connectivity index (χ4v) is 1.13. The van der Waals surface area contributed by atoms with E-state index in [1.807, 2.05) is 0 Å². The van der Waals surface area contributed by atoms with Crippen LogP contribution in [0.25, 0.3) is 0 Å². The van der Waals surface area contributed by atoms with Gasteiger partial charge in [-0.3, -0.25) is 4.79 Å². The normalized spacial score (nSPS) is 11.7. The van der Waals surface area contributed by atoms with Crippen LogP contribution in [-0.2, 0) is 11.2 Å². The molecule has 84 valence electrons. The first-order chi connectivity index (χ1) is 6.50. The Morgan fingerprint density at radius 1 is 1.60 bits per heavy atom. The predicted octanol–water partition coefficient (Wildman–Crippen LogP) is 1.86. The number of halogens is 3. The van der Waals surface area contributed by atoms with Gasteiger partial charge in [-0.15, -0.1) is 12.4 Å². The molecule has 1 aromatic rings. The smallest absolute Gasteiger partial charge is 0.320 e. The standard InChI is InChI=1S/C9H9ClFNO2.ClH/c10-6-2-1-5(3-7(6)11)4-8(12)9(13)14;/h1-3,8H,4,12H2,(H,13,14);1H/t8-;/m1./s1. The van der Waals surface area contributed by atoms with Gasteiger partial charge in [-0.1, -0.05) is 17.7 Å². The average molecular weight is 254 g/mol. The van der Waals surface area contributed by atoms with E-state index in [0.29, 0.717) is 5.56 Å². The Labute approximate surface area is 97.4 Å². The molecule has 0 aliphatic carbocycles. The van der Waals surface area contributed by atoms with Crippen LogP contribution < -0.4 is 5.73 Å². The van der Waals surface area contributed by atoms with Crippen molar-refractivity contribution >= 4 is 30.0 Å². The summed E-state index contributed by atoms with van der Waals surface area (Å²) in [6.07, 6.45) is 0.0867. The van der Waals surface area contributed by atoms with E-state index in [0.717, 1.165) is 0 Å². The molecule has 0 amide bonds. The number of hydrogen-bond acceptors (Lipinski definition) is 2. The Bertz CT molecular complexity index is 360. The summed E-state index contributed by atoms with van der Waals surface area (Å²) in [4.78, 5) is 10.4. The van der Waals surface area contributed by atoms with Crippen LogP contribution in [0.1, 0.15) is 5.56 Å². The topological polar surface area (TPSA) is 63.3 Å². The Kier molecular flexibility index (Phi) is 5.57. The highest BCUT2D eigenvalue weighted by Gasteiger charge is 2.12. The van der Waals surface area contributed by atoms with E-state index in [2.05, 4.69) is 0 Å². The minimum absolute atomic E-state index is 0. The summed E-state index contributed by atoms with van der Waals surface area (Å²) < 4.78 is 12.9. The molecule has 0 saturated carbocycles. The number of aliphatic carboxylic acids is 1. The van der Waals surface area contributed by atoms with Gasteiger partial charge in [-0.05, 0) is 24.1 Å². The summed E-state index contributed by atoms with van der Waals surface area (Å²) >= 11 is 5.46. The molecule has 0 spiro atoms. The molecule has 0 fully saturated rings. The Morgan fingerprint density at radius 2 is 2.20 bits per heavy atom. The van der Waals surface area contributed by atoms with Crippen LogP contribution in [0.15, 0.2) is 18.2 Å². The van der Waals surface area contributed by atoms with E-state index >= 15 is 0 Å². The lowest BCUT2D eigenvalue weighted by Gasteiger charge is -2.06. The zero-order valence-electron chi connectivity index (χ0n) is 7.61. The van der Waals surface area contributed by atoms with Crippen molar-refractivity contribution in [1.82, 2.24) is 0 Å². The largest absolute Gasteiger partial charge is 0.480 e. The number of hydrogen-bond donors (Lipinski definition) is 2. The second kappa shape index (κ2) is 5.90. The van der Waals surface area contributed by atoms with Crippen LogP contribution in [0.2, 0.25) is 5.02 Å². The number of carboxylic acid groups (broad SMARTS) is 1. The van der Waals surface area contributed by atoms with E-state index in [-0.39, 0.29) is 23.9 Å². The lowest BCUT2D eigenvalue weighted by atomic mass is 10.1. The van der Waals surface area contributed by atoms with Crippen LogP contribution in [0.3, 0.4) is 0 Å². The third-order valence-electron chi connectivity index (χ3n) is 1.76. The third-order valence-corrected chi connectivity index (χ3v) is 2.06. The van der Waals surface area contributed by atoms with Crippen molar-refractivity contribution in [2.75, 3.05) is 0 Å². The minimum atomic E-state index is -1.11. The van der Waals surface area contributed by atoms with Gasteiger partial charge in [0.2, 0.25) is 0 Å². The first kappa shape index (κ1) is 14.2. The zero-order chi connectivity index (χ0) is 10.7. The first-order valence-electron chi connectivity index (χ1n) is 3.93. The number of carboxylic acids is 1. The van der Waals surface area contributed by atoms with Crippen LogP contribution in [0, 0.1) is 5.82 Å². The average Bonchev–Trinajstić information content (AvgIpc) is 2.11. The Morgan fingerprint density at radius 3 is 2.67 bits per heavy atom. The molecule has 1 rings (SSSR count). The molecule has 0 heterocycles. The molecule has 0 bridgehead atoms. The van der Waals surface area contributed by atoms with E-state index in [1.54, 1.807) is 6.07 Å². The molecule has 15 heavy (non-hydrogen) atoms. The summed E-state index contributed by atoms with van der Waals surface area (Å²) in [5, 5.41) is 8.53. The highest BCUT2D eigenvalue weighted by molar-refractivity contribution is 6.30. The third kappa shape index (κ3) is 4.03. The molecular formula is C9H10Cl2FNO2. The lowest BCUT2D eigenvalue weighted by Crippen LogP contribution is -2.32. The van der Waals surface area contributed by atoms with Crippen molar-refractivity contribution < 1.29 is 14.3 Å². The van der Waals surface area contributed by atoms with Gasteiger partial charge >= 0.3 is 5.97 Å².